The summed E-state index contributed by atoms with van der Waals surface area (Å²) >= 11 is 0. The molecule has 0 radical (unpaired) electrons. The fourth-order valence-electron chi connectivity index (χ4n) is 13.4. The van der Waals surface area contributed by atoms with Crippen LogP contribution in [-0.4, -0.2) is 14.1 Å². The Bertz CT molecular complexity index is 4420. The molecule has 4 heterocycles. The fourth-order valence-corrected chi connectivity index (χ4v) is 13.4. The zero-order valence-electron chi connectivity index (χ0n) is 48.3. The van der Waals surface area contributed by atoms with E-state index in [1.165, 1.54) is 51.8 Å². The van der Waals surface area contributed by atoms with Gasteiger partial charge >= 0.3 is 0 Å². The van der Waals surface area contributed by atoms with Gasteiger partial charge in [0.2, 0.25) is 0 Å². The average molecular weight is 1240 g/mol. The molecule has 14 rings (SSSR count). The minimum atomic E-state index is -0.0816. The number of nitrogens with zero attached hydrogens (tertiary/aromatic N) is 4. The van der Waals surface area contributed by atoms with Crippen LogP contribution in [0.25, 0.3) is 94.2 Å². The number of rotatable bonds is 7. The van der Waals surface area contributed by atoms with Gasteiger partial charge in [-0.15, -0.1) is 24.3 Å². The number of imidazole rings is 1. The van der Waals surface area contributed by atoms with Gasteiger partial charge in [0, 0.05) is 55.1 Å². The summed E-state index contributed by atoms with van der Waals surface area (Å²) in [7, 11) is 0. The van der Waals surface area contributed by atoms with Crippen LogP contribution in [-0.2, 0) is 48.1 Å². The Morgan fingerprint density at radius 1 is 0.556 bits per heavy atom. The normalized spacial score (nSPS) is 16.2. The number of pyridine rings is 1. The van der Waals surface area contributed by atoms with Crippen LogP contribution in [0, 0.1) is 18.5 Å². The summed E-state index contributed by atoms with van der Waals surface area (Å²) in [5, 5.41) is 4.18. The molecule has 408 valence electrons. The maximum absolute atomic E-state index is 6.86. The van der Waals surface area contributed by atoms with Crippen molar-refractivity contribution >= 4 is 54.8 Å². The SMILES string of the molecule is CC(C)(C)c1ccnc(-n2c3[c-]c(Oc4[c-]c(-n5[c-][n+](-c6c(-c7ccc8c(c7)C(C)(C)CCC8(C)C)cccc6-c6ccc7c(c6)C(C)(C)CCC7(C)C)c6ccccc65)ccc4)ccc3c3c4oc5ccccc5c4ccc32)c1.[Pt]. The Morgan fingerprint density at radius 3 is 1.84 bits per heavy atom. The third-order valence-corrected chi connectivity index (χ3v) is 18.4. The Kier molecular flexibility index (Phi) is 12.2. The van der Waals surface area contributed by atoms with Crippen molar-refractivity contribution in [2.45, 2.75) is 129 Å². The van der Waals surface area contributed by atoms with Crippen LogP contribution in [0.3, 0.4) is 0 Å². The maximum atomic E-state index is 6.86. The molecule has 8 aromatic carbocycles. The summed E-state index contributed by atoms with van der Waals surface area (Å²) in [6.07, 6.45) is 10.5. The molecule has 0 N–H and O–H groups in total. The Balaban J connectivity index is 0.00000618. The van der Waals surface area contributed by atoms with E-state index < -0.39 is 0 Å². The first-order chi connectivity index (χ1) is 38.2. The van der Waals surface area contributed by atoms with Crippen LogP contribution in [0.1, 0.15) is 130 Å². The van der Waals surface area contributed by atoms with Crippen LogP contribution >= 0.6 is 0 Å². The second kappa shape index (κ2) is 18.8. The molecule has 0 amide bonds. The second-order valence-corrected chi connectivity index (χ2v) is 26.5. The van der Waals surface area contributed by atoms with Crippen molar-refractivity contribution in [3.8, 4) is 50.9 Å². The van der Waals surface area contributed by atoms with E-state index in [0.717, 1.165) is 95.9 Å². The third-order valence-electron chi connectivity index (χ3n) is 18.4. The number of hydrogen-bond acceptors (Lipinski definition) is 3. The maximum Gasteiger partial charge on any atom is 0.268 e. The first kappa shape index (κ1) is 52.8. The molecule has 0 aliphatic heterocycles. The first-order valence-electron chi connectivity index (χ1n) is 28.6. The van der Waals surface area contributed by atoms with Crippen molar-refractivity contribution in [1.29, 1.82) is 0 Å². The van der Waals surface area contributed by atoms with E-state index in [2.05, 4.69) is 236 Å². The topological polar surface area (TPSA) is 49.0 Å². The Labute approximate surface area is 490 Å². The van der Waals surface area contributed by atoms with Gasteiger partial charge in [0.05, 0.1) is 16.7 Å². The predicted octanol–water partition coefficient (Wildman–Crippen LogP) is 18.8. The number of para-hydroxylation sites is 4. The minimum Gasteiger partial charge on any atom is -0.510 e. The van der Waals surface area contributed by atoms with E-state index in [0.29, 0.717) is 11.5 Å². The summed E-state index contributed by atoms with van der Waals surface area (Å²) in [6.45, 7) is 26.0. The molecule has 6 nitrogen and oxygen atoms in total. The van der Waals surface area contributed by atoms with Gasteiger partial charge in [0.15, 0.2) is 0 Å². The van der Waals surface area contributed by atoms with Crippen molar-refractivity contribution in [2.24, 2.45) is 0 Å². The summed E-state index contributed by atoms with van der Waals surface area (Å²) in [4.78, 5) is 4.98. The van der Waals surface area contributed by atoms with E-state index in [-0.39, 0.29) is 48.1 Å². The van der Waals surface area contributed by atoms with Gasteiger partial charge in [-0.05, 0) is 144 Å². The van der Waals surface area contributed by atoms with Gasteiger partial charge in [-0.25, -0.2) is 4.98 Å². The number of fused-ring (bicyclic) bond motifs is 10. The predicted molar refractivity (Wildman–Crippen MR) is 327 cm³/mol. The molecular weight excluding hydrogens is 1170 g/mol. The molecule has 2 aliphatic carbocycles. The van der Waals surface area contributed by atoms with Gasteiger partial charge in [-0.2, -0.15) is 18.2 Å². The van der Waals surface area contributed by atoms with Gasteiger partial charge < -0.3 is 18.3 Å². The molecule has 4 aromatic heterocycles. The second-order valence-electron chi connectivity index (χ2n) is 26.5. The number of ether oxygens (including phenoxy) is 1. The molecule has 0 fully saturated rings. The Hall–Kier alpha value is -7.53. The average Bonchev–Trinajstić information content (AvgIpc) is 4.33. The van der Waals surface area contributed by atoms with Crippen molar-refractivity contribution < 1.29 is 34.8 Å². The van der Waals surface area contributed by atoms with Crippen LogP contribution in [0.4, 0.5) is 0 Å². The molecule has 0 bridgehead atoms. The van der Waals surface area contributed by atoms with Gasteiger partial charge in [0.25, 0.3) is 6.33 Å². The molecule has 0 unspecified atom stereocenters. The van der Waals surface area contributed by atoms with Gasteiger partial charge in [0.1, 0.15) is 17.0 Å². The number of hydrogen-bond donors (Lipinski definition) is 0. The number of furan rings is 1. The van der Waals surface area contributed by atoms with Crippen LogP contribution in [0.15, 0.2) is 168 Å². The van der Waals surface area contributed by atoms with Crippen LogP contribution < -0.4 is 9.30 Å². The van der Waals surface area contributed by atoms with Gasteiger partial charge in [-0.1, -0.05) is 184 Å². The molecule has 81 heavy (non-hydrogen) atoms. The molecule has 2 aliphatic rings. The fraction of sp³-hybridized carbons (Fsp3) is 0.270. The van der Waals surface area contributed by atoms with Gasteiger partial charge in [-0.3, -0.25) is 4.57 Å². The molecule has 0 spiro atoms. The first-order valence-corrected chi connectivity index (χ1v) is 28.6. The van der Waals surface area contributed by atoms with E-state index in [1.54, 1.807) is 0 Å². The molecule has 0 atom stereocenters. The summed E-state index contributed by atoms with van der Waals surface area (Å²) in [6, 6.07) is 64.6. The van der Waals surface area contributed by atoms with Crippen molar-refractivity contribution in [1.82, 2.24) is 14.1 Å². The van der Waals surface area contributed by atoms with Crippen LogP contribution in [0.2, 0.25) is 0 Å². The number of aromatic nitrogens is 4. The van der Waals surface area contributed by atoms with E-state index in [1.807, 2.05) is 36.5 Å². The summed E-state index contributed by atoms with van der Waals surface area (Å²) in [5.41, 5.74) is 19.4. The van der Waals surface area contributed by atoms with Crippen molar-refractivity contribution in [3.63, 3.8) is 0 Å². The van der Waals surface area contributed by atoms with Crippen LogP contribution in [0.5, 0.6) is 11.5 Å². The smallest absolute Gasteiger partial charge is 0.268 e. The quantitative estimate of drug-likeness (QED) is 0.118. The van der Waals surface area contributed by atoms with E-state index >= 15 is 0 Å². The third kappa shape index (κ3) is 8.61. The molecule has 7 heteroatoms. The zero-order chi connectivity index (χ0) is 55.3. The molecule has 0 saturated carbocycles. The summed E-state index contributed by atoms with van der Waals surface area (Å²) in [5.74, 6) is 1.93. The minimum absolute atomic E-state index is 0. The summed E-state index contributed by atoms with van der Waals surface area (Å²) < 4.78 is 20.2. The largest absolute Gasteiger partial charge is 0.510 e. The van der Waals surface area contributed by atoms with E-state index in [9.17, 15) is 0 Å². The van der Waals surface area contributed by atoms with Crippen molar-refractivity contribution in [3.05, 3.63) is 210 Å². The monoisotopic (exact) mass is 1240 g/mol. The Morgan fingerprint density at radius 2 is 1.16 bits per heavy atom. The van der Waals surface area contributed by atoms with E-state index in [4.69, 9.17) is 14.1 Å². The molecular formula is C74H68N4O2Pt-2. The molecule has 0 saturated heterocycles. The zero-order valence-corrected chi connectivity index (χ0v) is 50.6. The standard InChI is InChI=1S/C74H68N4O2.Pt/c1-70(2,3)48-34-39-75-66(42-48)78-63-33-30-55-54-20-12-15-25-65(54)80-69(55)67(63)56-29-28-51(44-64(56)78)79-50-19-16-18-49(43-50)76-45-77(62-24-14-13-23-61(62)76)68-52(46-26-31-57-59(40-46)73(8,9)37-35-71(57,4)5)21-17-22-53(68)47-27-32-58-60(41-47)74(10,11)38-36-72(58,6)7;/h12-34,39-42H,35-38H2,1-11H3;/q-2;. The molecule has 12 aromatic rings. The van der Waals surface area contributed by atoms with Crippen molar-refractivity contribution in [2.75, 3.05) is 0 Å². The number of benzene rings is 8.